The van der Waals surface area contributed by atoms with E-state index in [2.05, 4.69) is 24.1 Å². The summed E-state index contributed by atoms with van der Waals surface area (Å²) < 4.78 is 0. The average molecular weight is 412 g/mol. The number of piperidine rings is 1. The van der Waals surface area contributed by atoms with Gasteiger partial charge in [0.15, 0.2) is 0 Å². The first-order valence-corrected chi connectivity index (χ1v) is 10.6. The summed E-state index contributed by atoms with van der Waals surface area (Å²) in [5.41, 5.74) is 0.00860. The van der Waals surface area contributed by atoms with Gasteiger partial charge in [-0.1, -0.05) is 26.0 Å². The van der Waals surface area contributed by atoms with Gasteiger partial charge in [-0.15, -0.1) is 0 Å². The maximum absolute atomic E-state index is 13.0. The molecule has 3 aliphatic heterocycles. The van der Waals surface area contributed by atoms with Crippen LogP contribution in [0.3, 0.4) is 0 Å². The highest BCUT2D eigenvalue weighted by atomic mass is 16.2. The van der Waals surface area contributed by atoms with E-state index in [1.807, 2.05) is 0 Å². The fourth-order valence-electron chi connectivity index (χ4n) is 4.68. The largest absolute Gasteiger partial charge is 0.325 e. The predicted molar refractivity (Wildman–Crippen MR) is 110 cm³/mol. The number of nitrogens with zero attached hydrogens (tertiary/aromatic N) is 3. The van der Waals surface area contributed by atoms with Gasteiger partial charge in [0.2, 0.25) is 0 Å². The van der Waals surface area contributed by atoms with E-state index in [0.29, 0.717) is 36.3 Å². The van der Waals surface area contributed by atoms with E-state index in [-0.39, 0.29) is 36.8 Å². The quantitative estimate of drug-likeness (QED) is 0.568. The van der Waals surface area contributed by atoms with Crippen molar-refractivity contribution in [3.8, 4) is 0 Å². The van der Waals surface area contributed by atoms with Crippen LogP contribution in [0.2, 0.25) is 0 Å². The van der Waals surface area contributed by atoms with Crippen molar-refractivity contribution in [1.82, 2.24) is 20.0 Å². The fraction of sp³-hybridized carbons (Fsp3) is 0.545. The van der Waals surface area contributed by atoms with Crippen LogP contribution >= 0.6 is 0 Å². The van der Waals surface area contributed by atoms with Crippen molar-refractivity contribution in [3.63, 3.8) is 0 Å². The first-order valence-electron chi connectivity index (χ1n) is 10.6. The molecule has 1 aromatic rings. The molecule has 4 rings (SSSR count). The molecule has 8 nitrogen and oxygen atoms in total. The Bertz CT molecular complexity index is 854. The summed E-state index contributed by atoms with van der Waals surface area (Å²) in [5.74, 6) is -0.255. The Hall–Kier alpha value is -2.74. The molecule has 1 N–H and O–H groups in total. The van der Waals surface area contributed by atoms with Crippen molar-refractivity contribution >= 4 is 23.8 Å². The Balaban J connectivity index is 1.33. The third kappa shape index (κ3) is 3.49. The van der Waals surface area contributed by atoms with Crippen LogP contribution in [0.4, 0.5) is 4.79 Å². The molecule has 0 unspecified atom stereocenters. The van der Waals surface area contributed by atoms with E-state index >= 15 is 0 Å². The lowest BCUT2D eigenvalue weighted by Gasteiger charge is -2.38. The minimum Gasteiger partial charge on any atom is -0.323 e. The second-order valence-corrected chi connectivity index (χ2v) is 8.82. The molecule has 30 heavy (non-hydrogen) atoms. The molecule has 3 heterocycles. The molecule has 5 amide bonds. The topological polar surface area (TPSA) is 90.0 Å². The smallest absolute Gasteiger partial charge is 0.323 e. The third-order valence-corrected chi connectivity index (χ3v) is 6.22. The van der Waals surface area contributed by atoms with E-state index in [4.69, 9.17) is 0 Å². The molecule has 1 spiro atoms. The number of hydrogen-bond acceptors (Lipinski definition) is 5. The van der Waals surface area contributed by atoms with E-state index in [1.165, 1.54) is 9.80 Å². The monoisotopic (exact) mass is 412 g/mol. The summed E-state index contributed by atoms with van der Waals surface area (Å²) >= 11 is 0. The maximum Gasteiger partial charge on any atom is 0.325 e. The van der Waals surface area contributed by atoms with E-state index in [1.54, 1.807) is 24.3 Å². The lowest BCUT2D eigenvalue weighted by Crippen LogP contribution is -2.55. The lowest BCUT2D eigenvalue weighted by atomic mass is 9.87. The molecule has 0 aromatic heterocycles. The van der Waals surface area contributed by atoms with Crippen LogP contribution in [0, 0.1) is 5.92 Å². The summed E-state index contributed by atoms with van der Waals surface area (Å²) in [6.45, 7) is 7.27. The van der Waals surface area contributed by atoms with Gasteiger partial charge in [0.05, 0.1) is 11.1 Å². The number of carbonyl (C=O) groups is 4. The molecule has 1 aromatic carbocycles. The molecule has 2 fully saturated rings. The number of likely N-dealkylation sites (tertiary alicyclic amines) is 1. The highest BCUT2D eigenvalue weighted by molar-refractivity contribution is 6.21. The molecule has 0 bridgehead atoms. The van der Waals surface area contributed by atoms with Crippen LogP contribution in [0.15, 0.2) is 24.3 Å². The number of amides is 5. The van der Waals surface area contributed by atoms with Gasteiger partial charge < -0.3 is 10.2 Å². The van der Waals surface area contributed by atoms with Crippen molar-refractivity contribution in [3.05, 3.63) is 35.4 Å². The molecular weight excluding hydrogens is 384 g/mol. The third-order valence-electron chi connectivity index (χ3n) is 6.22. The first-order chi connectivity index (χ1) is 14.3. The number of benzene rings is 1. The number of fused-ring (bicyclic) bond motifs is 1. The number of rotatable bonds is 6. The zero-order valence-corrected chi connectivity index (χ0v) is 17.5. The molecule has 0 atom stereocenters. The summed E-state index contributed by atoms with van der Waals surface area (Å²) in [6, 6.07) is 6.36. The molecule has 0 saturated carbocycles. The van der Waals surface area contributed by atoms with Crippen LogP contribution in [0.5, 0.6) is 0 Å². The predicted octanol–water partition coefficient (Wildman–Crippen LogP) is 1.72. The maximum atomic E-state index is 13.0. The first kappa shape index (κ1) is 20.5. The van der Waals surface area contributed by atoms with Crippen molar-refractivity contribution in [2.75, 3.05) is 32.7 Å². The normalized spacial score (nSPS) is 21.2. The summed E-state index contributed by atoms with van der Waals surface area (Å²) in [4.78, 5) is 55.2. The van der Waals surface area contributed by atoms with Gasteiger partial charge in [0.1, 0.15) is 5.54 Å². The second kappa shape index (κ2) is 7.83. The Morgan fingerprint density at radius 3 is 2.07 bits per heavy atom. The lowest BCUT2D eigenvalue weighted by molar-refractivity contribution is -0.133. The summed E-state index contributed by atoms with van der Waals surface area (Å²) in [6.07, 6.45) is 1.58. The van der Waals surface area contributed by atoms with Crippen LogP contribution in [0.1, 0.15) is 53.8 Å². The zero-order chi connectivity index (χ0) is 21.5. The van der Waals surface area contributed by atoms with E-state index in [0.717, 1.165) is 19.6 Å². The van der Waals surface area contributed by atoms with E-state index in [9.17, 15) is 19.2 Å². The van der Waals surface area contributed by atoms with Gasteiger partial charge in [-0.25, -0.2) is 4.79 Å². The summed E-state index contributed by atoms with van der Waals surface area (Å²) in [5, 5.41) is 2.92. The number of hydrogen-bond donors (Lipinski definition) is 1. The van der Waals surface area contributed by atoms with Gasteiger partial charge in [0, 0.05) is 32.7 Å². The Morgan fingerprint density at radius 1 is 0.933 bits per heavy atom. The second-order valence-electron chi connectivity index (χ2n) is 8.82. The van der Waals surface area contributed by atoms with Crippen molar-refractivity contribution < 1.29 is 19.2 Å². The number of urea groups is 1. The van der Waals surface area contributed by atoms with Gasteiger partial charge in [-0.2, -0.15) is 0 Å². The van der Waals surface area contributed by atoms with Gasteiger partial charge in [-0.3, -0.25) is 24.2 Å². The van der Waals surface area contributed by atoms with Crippen molar-refractivity contribution in [1.29, 1.82) is 0 Å². The molecule has 0 aliphatic carbocycles. The molecule has 160 valence electrons. The Morgan fingerprint density at radius 2 is 1.50 bits per heavy atom. The van der Waals surface area contributed by atoms with Crippen LogP contribution < -0.4 is 5.32 Å². The molecular formula is C22H28N4O4. The molecule has 8 heteroatoms. The fourth-order valence-corrected chi connectivity index (χ4v) is 4.68. The highest BCUT2D eigenvalue weighted by Gasteiger charge is 2.52. The molecule has 2 saturated heterocycles. The number of nitrogens with one attached hydrogen (secondary N) is 1. The zero-order valence-electron chi connectivity index (χ0n) is 17.5. The standard InChI is InChI=1S/C22H28N4O4/c1-15(2)14-24-12-8-22(9-13-24)20(29)26(21(30)23-22)11-5-10-25-18(27)16-6-3-4-7-17(16)19(25)28/h3-4,6-7,15H,5,8-14H2,1-2H3,(H,23,30). The average Bonchev–Trinajstić information content (AvgIpc) is 3.09. The van der Waals surface area contributed by atoms with Crippen LogP contribution in [-0.2, 0) is 4.79 Å². The minimum atomic E-state index is -0.805. The van der Waals surface area contributed by atoms with Gasteiger partial charge in [0.25, 0.3) is 17.7 Å². The summed E-state index contributed by atoms with van der Waals surface area (Å²) in [7, 11) is 0. The SMILES string of the molecule is CC(C)CN1CCC2(CC1)NC(=O)N(CCCN1C(=O)c3ccccc3C1=O)C2=O. The Kier molecular flexibility index (Phi) is 5.36. The van der Waals surface area contributed by atoms with Gasteiger partial charge >= 0.3 is 6.03 Å². The number of imide groups is 2. The molecule has 0 radical (unpaired) electrons. The highest BCUT2D eigenvalue weighted by Crippen LogP contribution is 2.30. The van der Waals surface area contributed by atoms with Crippen molar-refractivity contribution in [2.24, 2.45) is 5.92 Å². The van der Waals surface area contributed by atoms with E-state index < -0.39 is 5.54 Å². The Labute approximate surface area is 176 Å². The van der Waals surface area contributed by atoms with Crippen LogP contribution in [0.25, 0.3) is 0 Å². The minimum absolute atomic E-state index is 0.179. The van der Waals surface area contributed by atoms with Crippen molar-refractivity contribution in [2.45, 2.75) is 38.6 Å². The van der Waals surface area contributed by atoms with Gasteiger partial charge in [-0.05, 0) is 37.3 Å². The molecule has 3 aliphatic rings. The van der Waals surface area contributed by atoms with Crippen LogP contribution in [-0.4, -0.2) is 76.7 Å². The number of carbonyl (C=O) groups excluding carboxylic acids is 4.